The van der Waals surface area contributed by atoms with E-state index in [1.165, 1.54) is 16.4 Å². The first-order valence-electron chi connectivity index (χ1n) is 11.0. The minimum absolute atomic E-state index is 0.0597. The number of aryl methyl sites for hydroxylation is 1. The number of ether oxygens (including phenoxy) is 3. The molecule has 0 unspecified atom stereocenters. The summed E-state index contributed by atoms with van der Waals surface area (Å²) in [5.41, 5.74) is 1.79. The van der Waals surface area contributed by atoms with Crippen LogP contribution in [0.1, 0.15) is 24.0 Å². The van der Waals surface area contributed by atoms with Gasteiger partial charge in [-0.1, -0.05) is 18.2 Å². The molecule has 0 spiro atoms. The molecule has 3 aromatic rings. The molecule has 1 aromatic heterocycles. The Hall–Kier alpha value is -2.88. The zero-order chi connectivity index (χ0) is 23.0. The number of hydrogen-bond acceptors (Lipinski definition) is 6. The average Bonchev–Trinajstić information content (AvgIpc) is 3.33. The van der Waals surface area contributed by atoms with Gasteiger partial charge in [-0.15, -0.1) is 0 Å². The van der Waals surface area contributed by atoms with E-state index in [2.05, 4.69) is 4.98 Å². The molecule has 1 atom stereocenters. The second kappa shape index (κ2) is 8.81. The highest BCUT2D eigenvalue weighted by atomic mass is 32.2. The van der Waals surface area contributed by atoms with Crippen molar-refractivity contribution in [1.29, 1.82) is 0 Å². The summed E-state index contributed by atoms with van der Waals surface area (Å²) in [4.78, 5) is 15.9. The molecule has 9 heteroatoms. The summed E-state index contributed by atoms with van der Waals surface area (Å²) >= 11 is 0. The molecule has 174 valence electrons. The van der Waals surface area contributed by atoms with Crippen molar-refractivity contribution in [3.8, 4) is 11.5 Å². The third-order valence-electron chi connectivity index (χ3n) is 6.09. The fourth-order valence-corrected chi connectivity index (χ4v) is 5.80. The molecule has 2 aromatic carbocycles. The lowest BCUT2D eigenvalue weighted by Gasteiger charge is -2.26. The molecule has 1 N–H and O–H groups in total. The summed E-state index contributed by atoms with van der Waals surface area (Å²) in [6.45, 7) is 3.43. The first-order valence-corrected chi connectivity index (χ1v) is 12.5. The molecular formula is C24H26N2O6S. The van der Waals surface area contributed by atoms with Crippen LogP contribution >= 0.6 is 0 Å². The Kier molecular flexibility index (Phi) is 5.86. The lowest BCUT2D eigenvalue weighted by atomic mass is 10.1. The topological polar surface area (TPSA) is 97.9 Å². The zero-order valence-corrected chi connectivity index (χ0v) is 19.2. The molecular weight excluding hydrogens is 444 g/mol. The van der Waals surface area contributed by atoms with Crippen molar-refractivity contribution in [2.24, 2.45) is 0 Å². The number of sulfonamides is 1. The highest BCUT2D eigenvalue weighted by Crippen LogP contribution is 2.33. The Morgan fingerprint density at radius 1 is 1.06 bits per heavy atom. The number of hydrogen-bond donors (Lipinski definition) is 1. The third-order valence-corrected chi connectivity index (χ3v) is 7.90. The number of pyridine rings is 1. The van der Waals surface area contributed by atoms with E-state index in [0.29, 0.717) is 36.9 Å². The van der Waals surface area contributed by atoms with Crippen LogP contribution in [0.4, 0.5) is 0 Å². The smallest absolute Gasteiger partial charge is 0.252 e. The van der Waals surface area contributed by atoms with E-state index in [0.717, 1.165) is 29.3 Å². The van der Waals surface area contributed by atoms with Gasteiger partial charge in [-0.3, -0.25) is 4.79 Å². The highest BCUT2D eigenvalue weighted by molar-refractivity contribution is 7.89. The van der Waals surface area contributed by atoms with E-state index in [-0.39, 0.29) is 29.6 Å². The average molecular weight is 471 g/mol. The van der Waals surface area contributed by atoms with Gasteiger partial charge in [0.2, 0.25) is 10.0 Å². The predicted octanol–water partition coefficient (Wildman–Crippen LogP) is 2.98. The van der Waals surface area contributed by atoms with Crippen LogP contribution in [0, 0.1) is 6.92 Å². The molecule has 3 heterocycles. The summed E-state index contributed by atoms with van der Waals surface area (Å²) in [5, 5.41) is 0.860. The van der Waals surface area contributed by atoms with Crippen molar-refractivity contribution in [1.82, 2.24) is 9.29 Å². The van der Waals surface area contributed by atoms with Gasteiger partial charge < -0.3 is 19.2 Å². The normalized spacial score (nSPS) is 18.2. The number of aromatic amines is 1. The lowest BCUT2D eigenvalue weighted by Crippen LogP contribution is -2.38. The van der Waals surface area contributed by atoms with Crippen LogP contribution in [-0.2, 0) is 21.3 Å². The number of H-pyrrole nitrogens is 1. The van der Waals surface area contributed by atoms with Crippen LogP contribution in [0.5, 0.6) is 11.5 Å². The molecule has 2 aliphatic rings. The van der Waals surface area contributed by atoms with Gasteiger partial charge in [0, 0.05) is 31.3 Å². The standard InChI is InChI=1S/C24H26N2O6S/c1-16-4-2-5-17-12-18(24(27)25-23(16)17)14-26(15-19-6-3-9-30-19)33(28,29)20-7-8-21-22(13-20)32-11-10-31-21/h2,4-5,7-8,12-13,19H,3,6,9-11,14-15H2,1H3,(H,25,27)/t19-/m0/s1. The van der Waals surface area contributed by atoms with Gasteiger partial charge in [-0.2, -0.15) is 4.31 Å². The highest BCUT2D eigenvalue weighted by Gasteiger charge is 2.31. The second-order valence-electron chi connectivity index (χ2n) is 8.40. The summed E-state index contributed by atoms with van der Waals surface area (Å²) in [6.07, 6.45) is 1.46. The molecule has 0 bridgehead atoms. The number of fused-ring (bicyclic) bond motifs is 2. The number of nitrogens with one attached hydrogen (secondary N) is 1. The van der Waals surface area contributed by atoms with Crippen LogP contribution < -0.4 is 15.0 Å². The van der Waals surface area contributed by atoms with E-state index in [9.17, 15) is 13.2 Å². The number of benzene rings is 2. The van der Waals surface area contributed by atoms with Crippen molar-refractivity contribution < 1.29 is 22.6 Å². The van der Waals surface area contributed by atoms with E-state index >= 15 is 0 Å². The maximum atomic E-state index is 13.7. The molecule has 5 rings (SSSR count). The Morgan fingerprint density at radius 3 is 2.67 bits per heavy atom. The quantitative estimate of drug-likeness (QED) is 0.595. The monoisotopic (exact) mass is 470 g/mol. The fraction of sp³-hybridized carbons (Fsp3) is 0.375. The molecule has 33 heavy (non-hydrogen) atoms. The summed E-state index contributed by atoms with van der Waals surface area (Å²) < 4.78 is 45.6. The van der Waals surface area contributed by atoms with Gasteiger partial charge in [0.15, 0.2) is 11.5 Å². The maximum absolute atomic E-state index is 13.7. The molecule has 2 aliphatic heterocycles. The number of rotatable bonds is 6. The number of aromatic nitrogens is 1. The van der Waals surface area contributed by atoms with E-state index in [1.807, 2.05) is 25.1 Å². The Morgan fingerprint density at radius 2 is 1.88 bits per heavy atom. The molecule has 0 aliphatic carbocycles. The molecule has 1 fully saturated rings. The van der Waals surface area contributed by atoms with Gasteiger partial charge in [-0.05, 0) is 48.9 Å². The van der Waals surface area contributed by atoms with E-state index < -0.39 is 10.0 Å². The van der Waals surface area contributed by atoms with E-state index in [1.54, 1.807) is 12.1 Å². The van der Waals surface area contributed by atoms with Crippen molar-refractivity contribution in [2.45, 2.75) is 37.3 Å². The van der Waals surface area contributed by atoms with Crippen LogP contribution in [0.3, 0.4) is 0 Å². The van der Waals surface area contributed by atoms with Gasteiger partial charge in [0.1, 0.15) is 13.2 Å². The van der Waals surface area contributed by atoms with Gasteiger partial charge in [0.05, 0.1) is 16.5 Å². The van der Waals surface area contributed by atoms with E-state index in [4.69, 9.17) is 14.2 Å². The minimum Gasteiger partial charge on any atom is -0.486 e. The van der Waals surface area contributed by atoms with Crippen molar-refractivity contribution >= 4 is 20.9 Å². The first kappa shape index (κ1) is 21.9. The molecule has 0 saturated carbocycles. The van der Waals surface area contributed by atoms with Gasteiger partial charge in [0.25, 0.3) is 5.56 Å². The first-order chi connectivity index (χ1) is 15.9. The summed E-state index contributed by atoms with van der Waals surface area (Å²) in [6, 6.07) is 12.1. The summed E-state index contributed by atoms with van der Waals surface area (Å²) in [5.74, 6) is 0.922. The Bertz CT molecular complexity index is 1340. The van der Waals surface area contributed by atoms with Crippen LogP contribution in [-0.4, -0.2) is 50.2 Å². The van der Waals surface area contributed by atoms with Gasteiger partial charge >= 0.3 is 0 Å². The Labute approximate surface area is 192 Å². The minimum atomic E-state index is -3.93. The van der Waals surface area contributed by atoms with Gasteiger partial charge in [-0.25, -0.2) is 8.42 Å². The van der Waals surface area contributed by atoms with Crippen molar-refractivity contribution in [3.05, 3.63) is 63.9 Å². The maximum Gasteiger partial charge on any atom is 0.252 e. The predicted molar refractivity (Wildman–Crippen MR) is 123 cm³/mol. The molecule has 8 nitrogen and oxygen atoms in total. The summed E-state index contributed by atoms with van der Waals surface area (Å²) in [7, 11) is -3.93. The van der Waals surface area contributed by atoms with Crippen molar-refractivity contribution in [2.75, 3.05) is 26.4 Å². The van der Waals surface area contributed by atoms with Crippen molar-refractivity contribution in [3.63, 3.8) is 0 Å². The number of nitrogens with zero attached hydrogens (tertiary/aromatic N) is 1. The molecule has 0 amide bonds. The fourth-order valence-electron chi connectivity index (χ4n) is 4.33. The number of para-hydroxylation sites is 1. The molecule has 1 saturated heterocycles. The molecule has 0 radical (unpaired) electrons. The van der Waals surface area contributed by atoms with Crippen LogP contribution in [0.2, 0.25) is 0 Å². The lowest BCUT2D eigenvalue weighted by molar-refractivity contribution is 0.0925. The van der Waals surface area contributed by atoms with Crippen LogP contribution in [0.25, 0.3) is 10.9 Å². The third kappa shape index (κ3) is 4.36. The second-order valence-corrected chi connectivity index (χ2v) is 10.3. The Balaban J connectivity index is 1.53. The zero-order valence-electron chi connectivity index (χ0n) is 18.4. The SMILES string of the molecule is Cc1cccc2cc(CN(C[C@@H]3CCCO3)S(=O)(=O)c3ccc4c(c3)OCCO4)c(=O)[nH]c12. The largest absolute Gasteiger partial charge is 0.486 e. The van der Waals surface area contributed by atoms with Crippen LogP contribution in [0.15, 0.2) is 52.2 Å².